The summed E-state index contributed by atoms with van der Waals surface area (Å²) in [4.78, 5) is 9.04. The lowest BCUT2D eigenvalue weighted by atomic mass is 9.77. The second-order valence-electron chi connectivity index (χ2n) is 11.4. The lowest BCUT2D eigenvalue weighted by Crippen LogP contribution is -2.46. The van der Waals surface area contributed by atoms with Crippen LogP contribution >= 0.6 is 0 Å². The average Bonchev–Trinajstić information content (AvgIpc) is 3.33. The van der Waals surface area contributed by atoms with Crippen molar-refractivity contribution in [3.63, 3.8) is 0 Å². The Morgan fingerprint density at radius 3 is 2.09 bits per heavy atom. The van der Waals surface area contributed by atoms with Gasteiger partial charge in [0.15, 0.2) is 23.0 Å². The molecule has 5 rings (SSSR count). The van der Waals surface area contributed by atoms with Gasteiger partial charge in [-0.05, 0) is 31.0 Å². The number of ether oxygens (including phenoxy) is 5. The van der Waals surface area contributed by atoms with Gasteiger partial charge < -0.3 is 23.7 Å². The summed E-state index contributed by atoms with van der Waals surface area (Å²) in [5.41, 5.74) is -0.629. The summed E-state index contributed by atoms with van der Waals surface area (Å²) < 4.78 is 101. The van der Waals surface area contributed by atoms with E-state index in [1.165, 1.54) is 13.0 Å². The van der Waals surface area contributed by atoms with Gasteiger partial charge in [0.05, 0.1) is 26.0 Å². The fourth-order valence-corrected chi connectivity index (χ4v) is 5.68. The highest BCUT2D eigenvalue weighted by Crippen LogP contribution is 2.59. The van der Waals surface area contributed by atoms with Crippen LogP contribution in [0.3, 0.4) is 0 Å². The van der Waals surface area contributed by atoms with E-state index >= 15 is 0 Å². The standard InChI is InChI=1S/C35H35F5N2O5/c1-21-27(25-15-16-26(36)28(37)30(25)43-4)31(47-34(21,3)35(38,39)40)32-41-22(2)29(33(42-32)46-20-24-13-9-6-10-14-24)45-18-17-44-19-23-11-7-5-8-12-23/h5-16,21,27,31H,17-20H2,1-4H3/t21-,27-,31+,34+/m0/s1. The predicted octanol–water partition coefficient (Wildman–Crippen LogP) is 8.06. The van der Waals surface area contributed by atoms with Crippen molar-refractivity contribution in [3.8, 4) is 17.4 Å². The first-order valence-corrected chi connectivity index (χ1v) is 15.0. The molecule has 0 radical (unpaired) electrons. The number of rotatable bonds is 12. The number of halogens is 5. The van der Waals surface area contributed by atoms with E-state index in [0.717, 1.165) is 31.2 Å². The summed E-state index contributed by atoms with van der Waals surface area (Å²) in [7, 11) is 1.12. The van der Waals surface area contributed by atoms with Crippen LogP contribution in [0.1, 0.15) is 54.1 Å². The molecule has 1 aromatic heterocycles. The van der Waals surface area contributed by atoms with E-state index in [1.54, 1.807) is 6.92 Å². The number of alkyl halides is 3. The molecule has 0 unspecified atom stereocenters. The molecule has 1 saturated heterocycles. The van der Waals surface area contributed by atoms with Crippen LogP contribution in [0.2, 0.25) is 0 Å². The third-order valence-corrected chi connectivity index (χ3v) is 8.39. The topological polar surface area (TPSA) is 71.9 Å². The monoisotopic (exact) mass is 658 g/mol. The van der Waals surface area contributed by atoms with Gasteiger partial charge >= 0.3 is 6.18 Å². The van der Waals surface area contributed by atoms with Crippen LogP contribution in [-0.2, 0) is 22.7 Å². The second kappa shape index (κ2) is 14.2. The Hall–Kier alpha value is -4.29. The minimum atomic E-state index is -4.82. The first-order valence-electron chi connectivity index (χ1n) is 15.0. The average molecular weight is 659 g/mol. The van der Waals surface area contributed by atoms with Crippen LogP contribution in [0, 0.1) is 24.5 Å². The summed E-state index contributed by atoms with van der Waals surface area (Å²) in [6, 6.07) is 20.9. The summed E-state index contributed by atoms with van der Waals surface area (Å²) in [5.74, 6) is -5.51. The Morgan fingerprint density at radius 2 is 1.47 bits per heavy atom. The molecule has 4 aromatic rings. The van der Waals surface area contributed by atoms with Crippen molar-refractivity contribution >= 4 is 0 Å². The smallest absolute Gasteiger partial charge is 0.417 e. The lowest BCUT2D eigenvalue weighted by Gasteiger charge is -2.32. The SMILES string of the molecule is COc1c([C@H]2[C@H](c3nc(C)c(OCCOCc4ccccc4)c(OCc4ccccc4)n3)O[C@@](C)(C(F)(F)F)[C@H]2C)ccc(F)c1F. The Labute approximate surface area is 269 Å². The number of hydrogen-bond donors (Lipinski definition) is 0. The van der Waals surface area contributed by atoms with E-state index in [-0.39, 0.29) is 48.5 Å². The van der Waals surface area contributed by atoms with Crippen LogP contribution < -0.4 is 14.2 Å². The molecule has 3 aromatic carbocycles. The molecular formula is C35H35F5N2O5. The van der Waals surface area contributed by atoms with E-state index in [9.17, 15) is 22.0 Å². The molecule has 2 heterocycles. The zero-order valence-electron chi connectivity index (χ0n) is 26.3. The maximum absolute atomic E-state index is 14.9. The molecule has 250 valence electrons. The summed E-state index contributed by atoms with van der Waals surface area (Å²) in [5, 5.41) is 0. The van der Waals surface area contributed by atoms with Gasteiger partial charge in [-0.25, -0.2) is 9.37 Å². The highest BCUT2D eigenvalue weighted by atomic mass is 19.4. The third kappa shape index (κ3) is 7.18. The van der Waals surface area contributed by atoms with Crippen LogP contribution in [0.15, 0.2) is 72.8 Å². The molecule has 0 saturated carbocycles. The van der Waals surface area contributed by atoms with Crippen LogP contribution in [-0.4, -0.2) is 42.1 Å². The molecule has 1 fully saturated rings. The van der Waals surface area contributed by atoms with Gasteiger partial charge in [-0.3, -0.25) is 0 Å². The number of aromatic nitrogens is 2. The van der Waals surface area contributed by atoms with Crippen molar-refractivity contribution in [2.24, 2.45) is 5.92 Å². The first kappa shape index (κ1) is 34.1. The van der Waals surface area contributed by atoms with Crippen LogP contribution in [0.25, 0.3) is 0 Å². The predicted molar refractivity (Wildman–Crippen MR) is 162 cm³/mol. The minimum absolute atomic E-state index is 0.0132. The van der Waals surface area contributed by atoms with Gasteiger partial charge in [-0.1, -0.05) is 73.7 Å². The largest absolute Gasteiger partial charge is 0.493 e. The second-order valence-corrected chi connectivity index (χ2v) is 11.4. The van der Waals surface area contributed by atoms with Gasteiger partial charge in [0.25, 0.3) is 5.88 Å². The molecule has 0 N–H and O–H groups in total. The van der Waals surface area contributed by atoms with Gasteiger partial charge in [-0.15, -0.1) is 0 Å². The maximum atomic E-state index is 14.9. The van der Waals surface area contributed by atoms with Gasteiger partial charge in [0, 0.05) is 17.4 Å². The third-order valence-electron chi connectivity index (χ3n) is 8.39. The highest BCUT2D eigenvalue weighted by Gasteiger charge is 2.65. The van der Waals surface area contributed by atoms with E-state index in [0.29, 0.717) is 6.61 Å². The van der Waals surface area contributed by atoms with Crippen molar-refractivity contribution in [2.45, 2.75) is 57.8 Å². The normalized spacial score (nSPS) is 21.1. The van der Waals surface area contributed by atoms with Crippen molar-refractivity contribution in [2.75, 3.05) is 20.3 Å². The van der Waals surface area contributed by atoms with Crippen molar-refractivity contribution in [3.05, 3.63) is 113 Å². The number of hydrogen-bond acceptors (Lipinski definition) is 7. The number of benzene rings is 3. The van der Waals surface area contributed by atoms with E-state index in [1.807, 2.05) is 60.7 Å². The summed E-state index contributed by atoms with van der Waals surface area (Å²) >= 11 is 0. The fourth-order valence-electron chi connectivity index (χ4n) is 5.68. The fraction of sp³-hybridized carbons (Fsp3) is 0.371. The molecular weight excluding hydrogens is 623 g/mol. The maximum Gasteiger partial charge on any atom is 0.417 e. The molecule has 0 bridgehead atoms. The number of nitrogens with zero attached hydrogens (tertiary/aromatic N) is 2. The molecule has 4 atom stereocenters. The Kier molecular flexibility index (Phi) is 10.3. The number of methoxy groups -OCH3 is 1. The molecule has 1 aliphatic heterocycles. The zero-order valence-corrected chi connectivity index (χ0v) is 26.3. The lowest BCUT2D eigenvalue weighted by molar-refractivity contribution is -0.275. The van der Waals surface area contributed by atoms with Crippen LogP contribution in [0.4, 0.5) is 22.0 Å². The molecule has 7 nitrogen and oxygen atoms in total. The molecule has 0 aliphatic carbocycles. The Bertz CT molecular complexity index is 1660. The van der Waals surface area contributed by atoms with E-state index < -0.39 is 47.1 Å². The molecule has 0 amide bonds. The Balaban J connectivity index is 1.50. The minimum Gasteiger partial charge on any atom is -0.493 e. The molecule has 47 heavy (non-hydrogen) atoms. The highest BCUT2D eigenvalue weighted by molar-refractivity contribution is 5.43. The summed E-state index contributed by atoms with van der Waals surface area (Å²) in [6.45, 7) is 4.64. The van der Waals surface area contributed by atoms with Crippen LogP contribution in [0.5, 0.6) is 17.4 Å². The van der Waals surface area contributed by atoms with Gasteiger partial charge in [-0.2, -0.15) is 22.5 Å². The molecule has 12 heteroatoms. The van der Waals surface area contributed by atoms with E-state index in [2.05, 4.69) is 9.97 Å². The quantitative estimate of drug-likeness (QED) is 0.113. The van der Waals surface area contributed by atoms with Crippen molar-refractivity contribution in [1.82, 2.24) is 9.97 Å². The van der Waals surface area contributed by atoms with E-state index in [4.69, 9.17) is 23.7 Å². The molecule has 1 aliphatic rings. The first-order chi connectivity index (χ1) is 22.4. The summed E-state index contributed by atoms with van der Waals surface area (Å²) in [6.07, 6.45) is -6.27. The molecule has 0 spiro atoms. The van der Waals surface area contributed by atoms with Crippen molar-refractivity contribution in [1.29, 1.82) is 0 Å². The van der Waals surface area contributed by atoms with Gasteiger partial charge in [0.1, 0.15) is 19.3 Å². The Morgan fingerprint density at radius 1 is 0.830 bits per heavy atom. The zero-order chi connectivity index (χ0) is 33.8. The van der Waals surface area contributed by atoms with Gasteiger partial charge in [0.2, 0.25) is 11.6 Å². The van der Waals surface area contributed by atoms with Crippen molar-refractivity contribution < 1.29 is 45.6 Å². The number of aryl methyl sites for hydroxylation is 1.